The minimum atomic E-state index is -1.10. The normalized spacial score (nSPS) is 14.9. The Morgan fingerprint density at radius 2 is 2.20 bits per heavy atom. The van der Waals surface area contributed by atoms with Gasteiger partial charge in [0, 0.05) is 11.8 Å². The molecule has 6 heteroatoms. The van der Waals surface area contributed by atoms with Crippen molar-refractivity contribution in [1.29, 1.82) is 0 Å². The zero-order valence-corrected chi connectivity index (χ0v) is 8.82. The first kappa shape index (κ1) is 12.1. The van der Waals surface area contributed by atoms with E-state index >= 15 is 0 Å². The third-order valence-electron chi connectivity index (χ3n) is 2.07. The van der Waals surface area contributed by atoms with Gasteiger partial charge < -0.3 is 20.3 Å². The average molecular weight is 231 g/mol. The van der Waals surface area contributed by atoms with Crippen LogP contribution in [0.15, 0.2) is 12.3 Å². The van der Waals surface area contributed by atoms with E-state index in [0.29, 0.717) is 17.7 Å². The molecule has 4 N–H and O–H groups in total. The first-order valence-electron chi connectivity index (χ1n) is 4.45. The number of aromatic carboxylic acids is 1. The van der Waals surface area contributed by atoms with Crippen LogP contribution in [0.2, 0.25) is 0 Å². The molecule has 2 unspecified atom stereocenters. The van der Waals surface area contributed by atoms with Crippen molar-refractivity contribution >= 4 is 18.6 Å². The van der Waals surface area contributed by atoms with Crippen molar-refractivity contribution in [2.24, 2.45) is 0 Å². The maximum atomic E-state index is 10.5. The van der Waals surface area contributed by atoms with E-state index in [1.165, 1.54) is 12.3 Å². The zero-order valence-electron chi connectivity index (χ0n) is 7.92. The summed E-state index contributed by atoms with van der Waals surface area (Å²) >= 11 is 3.93. The summed E-state index contributed by atoms with van der Waals surface area (Å²) in [6.07, 6.45) is -0.297. The SMILES string of the molecule is O=C(O)c1cc(C(O)C(O)CCS)c[nH]1. The van der Waals surface area contributed by atoms with Crippen molar-refractivity contribution in [1.82, 2.24) is 4.98 Å². The van der Waals surface area contributed by atoms with Gasteiger partial charge in [0.25, 0.3) is 0 Å². The van der Waals surface area contributed by atoms with Gasteiger partial charge in [0.15, 0.2) is 0 Å². The molecule has 1 rings (SSSR count). The van der Waals surface area contributed by atoms with Gasteiger partial charge in [-0.05, 0) is 18.2 Å². The Labute approximate surface area is 92.2 Å². The quantitative estimate of drug-likeness (QED) is 0.475. The third-order valence-corrected chi connectivity index (χ3v) is 2.32. The van der Waals surface area contributed by atoms with Crippen LogP contribution >= 0.6 is 12.6 Å². The molecule has 1 aromatic rings. The predicted octanol–water partition coefficient (Wildman–Crippen LogP) is 0.427. The van der Waals surface area contributed by atoms with Crippen molar-refractivity contribution in [2.75, 3.05) is 5.75 Å². The van der Waals surface area contributed by atoms with Crippen LogP contribution in [0.3, 0.4) is 0 Å². The Morgan fingerprint density at radius 3 is 2.67 bits per heavy atom. The van der Waals surface area contributed by atoms with Gasteiger partial charge in [-0.2, -0.15) is 12.6 Å². The van der Waals surface area contributed by atoms with Gasteiger partial charge in [0.05, 0.1) is 6.10 Å². The number of hydrogen-bond acceptors (Lipinski definition) is 4. The summed E-state index contributed by atoms with van der Waals surface area (Å²) in [5.41, 5.74) is 0.351. The van der Waals surface area contributed by atoms with E-state index in [1.54, 1.807) is 0 Å². The smallest absolute Gasteiger partial charge is 0.352 e. The lowest BCUT2D eigenvalue weighted by Crippen LogP contribution is -2.18. The predicted molar refractivity (Wildman–Crippen MR) is 57.2 cm³/mol. The maximum absolute atomic E-state index is 10.5. The second-order valence-electron chi connectivity index (χ2n) is 3.18. The Hall–Kier alpha value is -0.980. The van der Waals surface area contributed by atoms with Crippen molar-refractivity contribution < 1.29 is 20.1 Å². The number of rotatable bonds is 5. The lowest BCUT2D eigenvalue weighted by atomic mass is 10.1. The molecule has 0 amide bonds. The van der Waals surface area contributed by atoms with Crippen molar-refractivity contribution in [2.45, 2.75) is 18.6 Å². The largest absolute Gasteiger partial charge is 0.477 e. The summed E-state index contributed by atoms with van der Waals surface area (Å²) in [5.74, 6) is -0.647. The fourth-order valence-electron chi connectivity index (χ4n) is 1.22. The molecule has 0 radical (unpaired) electrons. The zero-order chi connectivity index (χ0) is 11.4. The molecule has 84 valence electrons. The highest BCUT2D eigenvalue weighted by atomic mass is 32.1. The molecule has 0 aliphatic carbocycles. The van der Waals surface area contributed by atoms with Crippen molar-refractivity contribution in [3.05, 3.63) is 23.5 Å². The fraction of sp³-hybridized carbons (Fsp3) is 0.444. The Balaban J connectivity index is 2.73. The lowest BCUT2D eigenvalue weighted by Gasteiger charge is -2.15. The van der Waals surface area contributed by atoms with Gasteiger partial charge in [0.2, 0.25) is 0 Å². The molecule has 0 aliphatic rings. The maximum Gasteiger partial charge on any atom is 0.352 e. The minimum Gasteiger partial charge on any atom is -0.477 e. The number of thiol groups is 1. The molecule has 0 saturated carbocycles. The summed E-state index contributed by atoms with van der Waals surface area (Å²) in [6, 6.07) is 1.30. The number of carboxylic acid groups (broad SMARTS) is 1. The molecule has 0 aromatic carbocycles. The number of aromatic nitrogens is 1. The number of hydrogen-bond donors (Lipinski definition) is 5. The standard InChI is InChI=1S/C9H13NO4S/c11-7(1-2-15)8(12)5-3-6(9(13)14)10-4-5/h3-4,7-8,10-12,15H,1-2H2,(H,13,14). The molecule has 0 aliphatic heterocycles. The lowest BCUT2D eigenvalue weighted by molar-refractivity contribution is 0.0173. The average Bonchev–Trinajstić information content (AvgIpc) is 2.65. The number of aliphatic hydroxyl groups excluding tert-OH is 2. The first-order chi connectivity index (χ1) is 7.06. The highest BCUT2D eigenvalue weighted by Gasteiger charge is 2.19. The first-order valence-corrected chi connectivity index (χ1v) is 5.08. The second-order valence-corrected chi connectivity index (χ2v) is 3.62. The van der Waals surface area contributed by atoms with Gasteiger partial charge in [-0.15, -0.1) is 0 Å². The number of carbonyl (C=O) groups is 1. The molecule has 15 heavy (non-hydrogen) atoms. The topological polar surface area (TPSA) is 93.6 Å². The third kappa shape index (κ3) is 2.98. The molecular weight excluding hydrogens is 218 g/mol. The van der Waals surface area contributed by atoms with Gasteiger partial charge >= 0.3 is 5.97 Å². The molecule has 1 aromatic heterocycles. The molecule has 5 nitrogen and oxygen atoms in total. The summed E-state index contributed by atoms with van der Waals surface area (Å²) in [7, 11) is 0. The number of aliphatic hydroxyl groups is 2. The number of aromatic amines is 1. The van der Waals surface area contributed by atoms with E-state index in [1.807, 2.05) is 0 Å². The van der Waals surface area contributed by atoms with Crippen LogP contribution in [0.5, 0.6) is 0 Å². The Morgan fingerprint density at radius 1 is 1.53 bits per heavy atom. The summed E-state index contributed by atoms with van der Waals surface area (Å²) < 4.78 is 0. The van der Waals surface area contributed by atoms with E-state index < -0.39 is 18.2 Å². The highest BCUT2D eigenvalue weighted by Crippen LogP contribution is 2.20. The Bertz CT molecular complexity index is 339. The van der Waals surface area contributed by atoms with E-state index in [-0.39, 0.29) is 5.69 Å². The van der Waals surface area contributed by atoms with Crippen LogP contribution in [-0.4, -0.2) is 38.1 Å². The molecule has 0 spiro atoms. The molecule has 1 heterocycles. The monoisotopic (exact) mass is 231 g/mol. The number of H-pyrrole nitrogens is 1. The van der Waals surface area contributed by atoms with Gasteiger partial charge in [-0.25, -0.2) is 4.79 Å². The summed E-state index contributed by atoms with van der Waals surface area (Å²) in [5, 5.41) is 27.7. The molecule has 0 fully saturated rings. The molecule has 0 bridgehead atoms. The molecular formula is C9H13NO4S. The number of carboxylic acids is 1. The van der Waals surface area contributed by atoms with Crippen LogP contribution in [0, 0.1) is 0 Å². The van der Waals surface area contributed by atoms with E-state index in [0.717, 1.165) is 0 Å². The van der Waals surface area contributed by atoms with E-state index in [2.05, 4.69) is 17.6 Å². The summed E-state index contributed by atoms with van der Waals surface area (Å²) in [4.78, 5) is 13.0. The second kappa shape index (κ2) is 5.20. The van der Waals surface area contributed by atoms with Crippen molar-refractivity contribution in [3.8, 4) is 0 Å². The van der Waals surface area contributed by atoms with Gasteiger partial charge in [0.1, 0.15) is 11.8 Å². The van der Waals surface area contributed by atoms with E-state index in [4.69, 9.17) is 5.11 Å². The van der Waals surface area contributed by atoms with Crippen LogP contribution in [0.25, 0.3) is 0 Å². The van der Waals surface area contributed by atoms with Crippen LogP contribution < -0.4 is 0 Å². The molecule has 0 saturated heterocycles. The number of nitrogens with one attached hydrogen (secondary N) is 1. The molecule has 2 atom stereocenters. The Kier molecular flexibility index (Phi) is 4.19. The van der Waals surface area contributed by atoms with Crippen molar-refractivity contribution in [3.63, 3.8) is 0 Å². The van der Waals surface area contributed by atoms with Gasteiger partial charge in [-0.1, -0.05) is 0 Å². The summed E-state index contributed by atoms with van der Waals surface area (Å²) in [6.45, 7) is 0. The fourth-order valence-corrected chi connectivity index (χ4v) is 1.48. The van der Waals surface area contributed by atoms with Crippen LogP contribution in [0.1, 0.15) is 28.6 Å². The van der Waals surface area contributed by atoms with Gasteiger partial charge in [-0.3, -0.25) is 0 Å². The minimum absolute atomic E-state index is 0.0119. The van der Waals surface area contributed by atoms with E-state index in [9.17, 15) is 15.0 Å². The van der Waals surface area contributed by atoms with Crippen LogP contribution in [0.4, 0.5) is 0 Å². The highest BCUT2D eigenvalue weighted by molar-refractivity contribution is 7.80. The van der Waals surface area contributed by atoms with Crippen LogP contribution in [-0.2, 0) is 0 Å².